The Kier molecular flexibility index (Phi) is 5.29. The highest BCUT2D eigenvalue weighted by Gasteiger charge is 2.35. The molecular weight excluding hydrogens is 364 g/mol. The van der Waals surface area contributed by atoms with Crippen LogP contribution in [0.2, 0.25) is 5.02 Å². The molecule has 0 saturated carbocycles. The molecule has 1 amide bonds. The van der Waals surface area contributed by atoms with E-state index in [1.165, 1.54) is 0 Å². The quantitative estimate of drug-likeness (QED) is 0.810. The van der Waals surface area contributed by atoms with Crippen molar-refractivity contribution in [2.24, 2.45) is 5.10 Å². The van der Waals surface area contributed by atoms with Crippen LogP contribution >= 0.6 is 11.6 Å². The molecule has 1 atom stereocenters. The standard InChI is InChI=1S/C20H23ClN4O2/c1-23-8-10-24(11-9-23)14-20(26)25-18(19-3-2-12-27-19)13-17(22-25)15-4-6-16(21)7-5-15/h2-7,12,18H,8-11,13-14H2,1H3. The lowest BCUT2D eigenvalue weighted by atomic mass is 10.0. The number of rotatable bonds is 4. The molecule has 1 saturated heterocycles. The molecule has 7 heteroatoms. The summed E-state index contributed by atoms with van der Waals surface area (Å²) in [6.07, 6.45) is 2.27. The molecule has 0 N–H and O–H groups in total. The van der Waals surface area contributed by atoms with Crippen LogP contribution in [0, 0.1) is 0 Å². The highest BCUT2D eigenvalue weighted by Crippen LogP contribution is 2.33. The zero-order valence-electron chi connectivity index (χ0n) is 15.3. The molecule has 3 heterocycles. The molecule has 1 aromatic carbocycles. The molecule has 2 aliphatic rings. The fraction of sp³-hybridized carbons (Fsp3) is 0.400. The fourth-order valence-electron chi connectivity index (χ4n) is 3.53. The summed E-state index contributed by atoms with van der Waals surface area (Å²) in [7, 11) is 2.11. The minimum atomic E-state index is -0.203. The molecule has 0 aliphatic carbocycles. The number of hydrogen-bond donors (Lipinski definition) is 0. The smallest absolute Gasteiger partial charge is 0.257 e. The number of benzene rings is 1. The first kappa shape index (κ1) is 18.2. The first-order chi connectivity index (χ1) is 13.1. The summed E-state index contributed by atoms with van der Waals surface area (Å²) in [4.78, 5) is 17.5. The molecule has 0 radical (unpaired) electrons. The van der Waals surface area contributed by atoms with Gasteiger partial charge in [-0.05, 0) is 36.9 Å². The van der Waals surface area contributed by atoms with Crippen molar-refractivity contribution in [2.45, 2.75) is 12.5 Å². The summed E-state index contributed by atoms with van der Waals surface area (Å²) in [6.45, 7) is 4.13. The van der Waals surface area contributed by atoms with Crippen molar-refractivity contribution in [3.05, 3.63) is 59.0 Å². The van der Waals surface area contributed by atoms with E-state index in [-0.39, 0.29) is 11.9 Å². The topological polar surface area (TPSA) is 52.3 Å². The maximum atomic E-state index is 13.0. The third-order valence-electron chi connectivity index (χ3n) is 5.17. The molecule has 0 bridgehead atoms. The van der Waals surface area contributed by atoms with Gasteiger partial charge in [-0.2, -0.15) is 5.10 Å². The summed E-state index contributed by atoms with van der Waals surface area (Å²) in [5, 5.41) is 6.95. The Morgan fingerprint density at radius 3 is 2.59 bits per heavy atom. The van der Waals surface area contributed by atoms with Crippen LogP contribution in [0.4, 0.5) is 0 Å². The van der Waals surface area contributed by atoms with Gasteiger partial charge in [0.1, 0.15) is 11.8 Å². The number of carbonyl (C=O) groups excluding carboxylic acids is 1. The lowest BCUT2D eigenvalue weighted by Crippen LogP contribution is -2.48. The zero-order valence-corrected chi connectivity index (χ0v) is 16.1. The molecule has 2 aliphatic heterocycles. The van der Waals surface area contributed by atoms with E-state index in [2.05, 4.69) is 21.9 Å². The maximum Gasteiger partial charge on any atom is 0.257 e. The van der Waals surface area contributed by atoms with Crippen molar-refractivity contribution in [1.29, 1.82) is 0 Å². The van der Waals surface area contributed by atoms with Crippen molar-refractivity contribution in [2.75, 3.05) is 39.8 Å². The van der Waals surface area contributed by atoms with Crippen LogP contribution in [0.1, 0.15) is 23.8 Å². The van der Waals surface area contributed by atoms with Crippen LogP contribution in [-0.2, 0) is 4.79 Å². The van der Waals surface area contributed by atoms with Crippen LogP contribution in [0.15, 0.2) is 52.2 Å². The van der Waals surface area contributed by atoms with E-state index >= 15 is 0 Å². The summed E-state index contributed by atoms with van der Waals surface area (Å²) >= 11 is 6.00. The summed E-state index contributed by atoms with van der Waals surface area (Å²) in [6, 6.07) is 11.1. The Morgan fingerprint density at radius 2 is 1.93 bits per heavy atom. The largest absolute Gasteiger partial charge is 0.467 e. The highest BCUT2D eigenvalue weighted by atomic mass is 35.5. The highest BCUT2D eigenvalue weighted by molar-refractivity contribution is 6.30. The molecule has 1 unspecified atom stereocenters. The van der Waals surface area contributed by atoms with Gasteiger partial charge in [-0.25, -0.2) is 5.01 Å². The molecule has 4 rings (SSSR count). The van der Waals surface area contributed by atoms with Gasteiger partial charge >= 0.3 is 0 Å². The third kappa shape index (κ3) is 4.08. The summed E-state index contributed by atoms with van der Waals surface area (Å²) in [5.74, 6) is 0.763. The monoisotopic (exact) mass is 386 g/mol. The Bertz CT molecular complexity index is 811. The van der Waals surface area contributed by atoms with Crippen LogP contribution in [-0.4, -0.2) is 66.2 Å². The van der Waals surface area contributed by atoms with E-state index in [0.29, 0.717) is 18.0 Å². The van der Waals surface area contributed by atoms with Crippen LogP contribution in [0.25, 0.3) is 0 Å². The minimum absolute atomic E-state index is 0.00455. The van der Waals surface area contributed by atoms with Crippen LogP contribution < -0.4 is 0 Å². The number of likely N-dealkylation sites (N-methyl/N-ethyl adjacent to an activating group) is 1. The van der Waals surface area contributed by atoms with E-state index in [4.69, 9.17) is 16.0 Å². The number of nitrogens with zero attached hydrogens (tertiary/aromatic N) is 4. The second-order valence-electron chi connectivity index (χ2n) is 7.11. The zero-order chi connectivity index (χ0) is 18.8. The van der Waals surface area contributed by atoms with Gasteiger partial charge in [-0.15, -0.1) is 0 Å². The van der Waals surface area contributed by atoms with Crippen LogP contribution in [0.3, 0.4) is 0 Å². The van der Waals surface area contributed by atoms with Crippen molar-refractivity contribution >= 4 is 23.2 Å². The van der Waals surface area contributed by atoms with Gasteiger partial charge in [-0.1, -0.05) is 23.7 Å². The first-order valence-corrected chi connectivity index (χ1v) is 9.58. The second kappa shape index (κ2) is 7.84. The number of furan rings is 1. The number of hydrogen-bond acceptors (Lipinski definition) is 5. The summed E-state index contributed by atoms with van der Waals surface area (Å²) in [5.41, 5.74) is 1.85. The van der Waals surface area contributed by atoms with Gasteiger partial charge in [0.25, 0.3) is 5.91 Å². The predicted octanol–water partition coefficient (Wildman–Crippen LogP) is 2.86. The molecule has 142 valence electrons. The molecule has 0 spiro atoms. The number of carbonyl (C=O) groups is 1. The fourth-order valence-corrected chi connectivity index (χ4v) is 3.66. The number of amides is 1. The van der Waals surface area contributed by atoms with E-state index in [1.807, 2.05) is 36.4 Å². The first-order valence-electron chi connectivity index (χ1n) is 9.20. The van der Waals surface area contributed by atoms with Crippen LogP contribution in [0.5, 0.6) is 0 Å². The van der Waals surface area contributed by atoms with Gasteiger partial charge in [0.2, 0.25) is 0 Å². The average molecular weight is 387 g/mol. The SMILES string of the molecule is CN1CCN(CC(=O)N2N=C(c3ccc(Cl)cc3)CC2c2ccco2)CC1. The molecule has 1 aromatic heterocycles. The van der Waals surface area contributed by atoms with E-state index in [1.54, 1.807) is 11.3 Å². The summed E-state index contributed by atoms with van der Waals surface area (Å²) < 4.78 is 5.60. The third-order valence-corrected chi connectivity index (χ3v) is 5.42. The normalized spacial score (nSPS) is 21.5. The number of hydrazone groups is 1. The van der Waals surface area contributed by atoms with Crippen molar-refractivity contribution in [3.63, 3.8) is 0 Å². The Labute approximate surface area is 164 Å². The lowest BCUT2D eigenvalue weighted by molar-refractivity contribution is -0.135. The maximum absolute atomic E-state index is 13.0. The van der Waals surface area contributed by atoms with Gasteiger partial charge in [-0.3, -0.25) is 9.69 Å². The van der Waals surface area contributed by atoms with E-state index in [0.717, 1.165) is 43.2 Å². The minimum Gasteiger partial charge on any atom is -0.467 e. The second-order valence-corrected chi connectivity index (χ2v) is 7.54. The van der Waals surface area contributed by atoms with Crippen molar-refractivity contribution in [1.82, 2.24) is 14.8 Å². The van der Waals surface area contributed by atoms with Gasteiger partial charge < -0.3 is 9.32 Å². The number of piperazine rings is 1. The Morgan fingerprint density at radius 1 is 1.19 bits per heavy atom. The Balaban J connectivity index is 1.54. The van der Waals surface area contributed by atoms with E-state index < -0.39 is 0 Å². The van der Waals surface area contributed by atoms with Gasteiger partial charge in [0.15, 0.2) is 0 Å². The molecule has 1 fully saturated rings. The predicted molar refractivity (Wildman–Crippen MR) is 105 cm³/mol. The van der Waals surface area contributed by atoms with Crippen molar-refractivity contribution in [3.8, 4) is 0 Å². The number of halogens is 1. The lowest BCUT2D eigenvalue weighted by Gasteiger charge is -2.32. The van der Waals surface area contributed by atoms with E-state index in [9.17, 15) is 4.79 Å². The molecule has 27 heavy (non-hydrogen) atoms. The molecular formula is C20H23ClN4O2. The van der Waals surface area contributed by atoms with Crippen molar-refractivity contribution < 1.29 is 9.21 Å². The van der Waals surface area contributed by atoms with Gasteiger partial charge in [0.05, 0.1) is 18.5 Å². The Hall–Kier alpha value is -2.15. The molecule has 6 nitrogen and oxygen atoms in total. The average Bonchev–Trinajstić information content (AvgIpc) is 3.33. The molecule has 2 aromatic rings. The van der Waals surface area contributed by atoms with Gasteiger partial charge in [0, 0.05) is 37.6 Å².